The van der Waals surface area contributed by atoms with Gasteiger partial charge in [0.2, 0.25) is 0 Å². The molecule has 1 N–H and O–H groups in total. The van der Waals surface area contributed by atoms with Crippen LogP contribution in [0.15, 0.2) is 42.5 Å². The Morgan fingerprint density at radius 2 is 1.69 bits per heavy atom. The first-order valence-electron chi connectivity index (χ1n) is 10.4. The number of rotatable bonds is 2. The lowest BCUT2D eigenvalue weighted by atomic mass is 10.1. The van der Waals surface area contributed by atoms with E-state index in [0.717, 1.165) is 24.9 Å². The number of hydrogen-bond acceptors (Lipinski definition) is 3. The van der Waals surface area contributed by atoms with Crippen molar-refractivity contribution in [1.29, 1.82) is 0 Å². The molecular formula is C23H25N3O3. The number of ether oxygens (including phenoxy) is 1. The highest BCUT2D eigenvalue weighted by Gasteiger charge is 2.31. The van der Waals surface area contributed by atoms with E-state index in [9.17, 15) is 9.59 Å². The van der Waals surface area contributed by atoms with Crippen LogP contribution in [0.1, 0.15) is 24.0 Å². The Bertz CT molecular complexity index is 944. The summed E-state index contributed by atoms with van der Waals surface area (Å²) in [5.74, 6) is 0.0701. The van der Waals surface area contributed by atoms with Gasteiger partial charge in [-0.3, -0.25) is 4.79 Å². The average Bonchev–Trinajstić information content (AvgIpc) is 3.41. The van der Waals surface area contributed by atoms with Gasteiger partial charge >= 0.3 is 6.03 Å². The van der Waals surface area contributed by atoms with Crippen LogP contribution in [-0.2, 0) is 16.0 Å². The first kappa shape index (κ1) is 18.2. The van der Waals surface area contributed by atoms with Crippen LogP contribution in [0.2, 0.25) is 0 Å². The van der Waals surface area contributed by atoms with Crippen LogP contribution in [0.25, 0.3) is 11.1 Å². The van der Waals surface area contributed by atoms with Crippen LogP contribution in [0.3, 0.4) is 0 Å². The molecule has 6 heteroatoms. The number of fused-ring (bicyclic) bond motifs is 3. The fourth-order valence-electron chi connectivity index (χ4n) is 4.53. The van der Waals surface area contributed by atoms with Crippen molar-refractivity contribution < 1.29 is 14.3 Å². The molecule has 0 spiro atoms. The molecule has 3 amide bonds. The second-order valence-electron chi connectivity index (χ2n) is 7.95. The molecule has 0 unspecified atom stereocenters. The van der Waals surface area contributed by atoms with Crippen molar-refractivity contribution in [1.82, 2.24) is 9.80 Å². The van der Waals surface area contributed by atoms with E-state index in [4.69, 9.17) is 4.74 Å². The lowest BCUT2D eigenvalue weighted by Crippen LogP contribution is -2.53. The Balaban J connectivity index is 1.19. The van der Waals surface area contributed by atoms with Crippen LogP contribution in [0.4, 0.5) is 10.5 Å². The van der Waals surface area contributed by atoms with Crippen molar-refractivity contribution in [2.75, 3.05) is 38.1 Å². The third-order valence-corrected chi connectivity index (χ3v) is 6.13. The molecule has 150 valence electrons. The zero-order valence-electron chi connectivity index (χ0n) is 16.4. The van der Waals surface area contributed by atoms with E-state index in [-0.39, 0.29) is 18.0 Å². The van der Waals surface area contributed by atoms with Gasteiger partial charge in [-0.15, -0.1) is 0 Å². The summed E-state index contributed by atoms with van der Waals surface area (Å²) in [5.41, 5.74) is 5.93. The lowest BCUT2D eigenvalue weighted by molar-refractivity contribution is -0.142. The number of urea groups is 1. The molecule has 1 aliphatic carbocycles. The molecule has 2 aromatic carbocycles. The highest BCUT2D eigenvalue weighted by atomic mass is 16.5. The molecule has 1 atom stereocenters. The van der Waals surface area contributed by atoms with Gasteiger partial charge in [0, 0.05) is 38.5 Å². The summed E-state index contributed by atoms with van der Waals surface area (Å²) in [6.45, 7) is 2.88. The molecule has 2 saturated heterocycles. The molecule has 0 aromatic heterocycles. The largest absolute Gasteiger partial charge is 0.368 e. The topological polar surface area (TPSA) is 61.9 Å². The first-order chi connectivity index (χ1) is 14.2. The quantitative estimate of drug-likeness (QED) is 0.730. The van der Waals surface area contributed by atoms with Gasteiger partial charge in [-0.1, -0.05) is 30.3 Å². The number of carbonyl (C=O) groups is 2. The van der Waals surface area contributed by atoms with Crippen LogP contribution >= 0.6 is 0 Å². The Morgan fingerprint density at radius 1 is 0.931 bits per heavy atom. The molecule has 2 aromatic rings. The minimum atomic E-state index is -0.286. The minimum absolute atomic E-state index is 0.0701. The van der Waals surface area contributed by atoms with Crippen LogP contribution in [0, 0.1) is 0 Å². The summed E-state index contributed by atoms with van der Waals surface area (Å²) in [5, 5.41) is 3.03. The van der Waals surface area contributed by atoms with Gasteiger partial charge in [0.1, 0.15) is 6.10 Å². The Hall–Kier alpha value is -2.86. The van der Waals surface area contributed by atoms with E-state index in [1.54, 1.807) is 4.90 Å². The van der Waals surface area contributed by atoms with Gasteiger partial charge in [0.25, 0.3) is 5.91 Å². The standard InChI is InChI=1S/C23H25N3O3/c27-22(21-6-3-13-29-21)25-9-11-26(12-10-25)23(28)24-18-7-8-20-17(15-18)14-16-4-1-2-5-19(16)20/h1-2,4-5,7-8,15,21H,3,6,9-14H2,(H,24,28)/t21-/m0/s1. The molecule has 0 saturated carbocycles. The maximum atomic E-state index is 12.7. The molecule has 3 aliphatic rings. The predicted molar refractivity (Wildman–Crippen MR) is 111 cm³/mol. The van der Waals surface area contributed by atoms with E-state index in [0.29, 0.717) is 32.8 Å². The van der Waals surface area contributed by atoms with Crippen molar-refractivity contribution in [2.45, 2.75) is 25.4 Å². The number of nitrogens with one attached hydrogen (secondary N) is 1. The zero-order valence-corrected chi connectivity index (χ0v) is 16.4. The first-order valence-corrected chi connectivity index (χ1v) is 10.4. The van der Waals surface area contributed by atoms with E-state index >= 15 is 0 Å². The Morgan fingerprint density at radius 3 is 2.48 bits per heavy atom. The highest BCUT2D eigenvalue weighted by Crippen LogP contribution is 2.37. The molecule has 5 rings (SSSR count). The SMILES string of the molecule is O=C(Nc1ccc2c(c1)Cc1ccccc1-2)N1CCN(C(=O)[C@@H]2CCCO2)CC1. The van der Waals surface area contributed by atoms with Gasteiger partial charge < -0.3 is 19.9 Å². The van der Waals surface area contributed by atoms with Crippen molar-refractivity contribution in [3.05, 3.63) is 53.6 Å². The molecule has 29 heavy (non-hydrogen) atoms. The van der Waals surface area contributed by atoms with Crippen molar-refractivity contribution in [3.63, 3.8) is 0 Å². The Labute approximate surface area is 170 Å². The van der Waals surface area contributed by atoms with E-state index < -0.39 is 0 Å². The molecular weight excluding hydrogens is 366 g/mol. The summed E-state index contributed by atoms with van der Waals surface area (Å²) in [7, 11) is 0. The number of anilines is 1. The number of nitrogens with zero attached hydrogens (tertiary/aromatic N) is 2. The molecule has 2 heterocycles. The fourth-order valence-corrected chi connectivity index (χ4v) is 4.53. The van der Waals surface area contributed by atoms with Crippen molar-refractivity contribution >= 4 is 17.6 Å². The number of piperazine rings is 1. The van der Waals surface area contributed by atoms with Crippen molar-refractivity contribution in [2.24, 2.45) is 0 Å². The van der Waals surface area contributed by atoms with Gasteiger partial charge in [-0.05, 0) is 53.6 Å². The van der Waals surface area contributed by atoms with Crippen LogP contribution < -0.4 is 5.32 Å². The highest BCUT2D eigenvalue weighted by molar-refractivity contribution is 5.91. The summed E-state index contributed by atoms with van der Waals surface area (Å²) >= 11 is 0. The number of carbonyl (C=O) groups excluding carboxylic acids is 2. The van der Waals surface area contributed by atoms with Gasteiger partial charge in [-0.2, -0.15) is 0 Å². The molecule has 2 aliphatic heterocycles. The third kappa shape index (κ3) is 3.49. The van der Waals surface area contributed by atoms with Gasteiger partial charge in [0.15, 0.2) is 0 Å². The summed E-state index contributed by atoms with van der Waals surface area (Å²) in [6, 6.07) is 14.5. The minimum Gasteiger partial charge on any atom is -0.368 e. The smallest absolute Gasteiger partial charge is 0.321 e. The second kappa shape index (κ2) is 7.52. The maximum Gasteiger partial charge on any atom is 0.321 e. The molecule has 0 radical (unpaired) electrons. The third-order valence-electron chi connectivity index (χ3n) is 6.13. The average molecular weight is 391 g/mol. The molecule has 0 bridgehead atoms. The molecule has 2 fully saturated rings. The van der Waals surface area contributed by atoms with Gasteiger partial charge in [-0.25, -0.2) is 4.79 Å². The van der Waals surface area contributed by atoms with E-state index in [1.807, 2.05) is 11.0 Å². The number of benzene rings is 2. The van der Waals surface area contributed by atoms with E-state index in [2.05, 4.69) is 41.7 Å². The van der Waals surface area contributed by atoms with Crippen LogP contribution in [0.5, 0.6) is 0 Å². The number of amides is 3. The summed E-state index contributed by atoms with van der Waals surface area (Å²) in [6.07, 6.45) is 2.37. The lowest BCUT2D eigenvalue weighted by Gasteiger charge is -2.35. The Kier molecular flexibility index (Phi) is 4.72. The summed E-state index contributed by atoms with van der Waals surface area (Å²) < 4.78 is 5.50. The van der Waals surface area contributed by atoms with Gasteiger partial charge in [0.05, 0.1) is 0 Å². The predicted octanol–water partition coefficient (Wildman–Crippen LogP) is 3.11. The molecule has 6 nitrogen and oxygen atoms in total. The zero-order chi connectivity index (χ0) is 19.8. The number of hydrogen-bond donors (Lipinski definition) is 1. The maximum absolute atomic E-state index is 12.7. The second-order valence-corrected chi connectivity index (χ2v) is 7.95. The summed E-state index contributed by atoms with van der Waals surface area (Å²) in [4.78, 5) is 28.8. The van der Waals surface area contributed by atoms with E-state index in [1.165, 1.54) is 22.3 Å². The fraction of sp³-hybridized carbons (Fsp3) is 0.391. The van der Waals surface area contributed by atoms with Crippen molar-refractivity contribution in [3.8, 4) is 11.1 Å². The van der Waals surface area contributed by atoms with Crippen LogP contribution in [-0.4, -0.2) is 60.6 Å². The normalized spacial score (nSPS) is 20.3. The monoisotopic (exact) mass is 391 g/mol.